The van der Waals surface area contributed by atoms with Gasteiger partial charge in [0.15, 0.2) is 0 Å². The first-order chi connectivity index (χ1) is 9.74. The lowest BCUT2D eigenvalue weighted by Crippen LogP contribution is -2.00. The molecule has 2 aromatic carbocycles. The average molecular weight is 352 g/mol. The van der Waals surface area contributed by atoms with Crippen molar-refractivity contribution >= 4 is 27.5 Å². The minimum Gasteiger partial charge on any atom is -0.422 e. The van der Waals surface area contributed by atoms with E-state index in [0.29, 0.717) is 10.8 Å². The third-order valence-corrected chi connectivity index (χ3v) is 3.39. The van der Waals surface area contributed by atoms with Gasteiger partial charge in [-0.25, -0.2) is 0 Å². The molecule has 0 aliphatic rings. The second kappa shape index (κ2) is 5.60. The standard InChI is InChI=1S/C13H8BrClN4O/c14-11-8-9(15)6-7-12(11)20-13-16-17-18-19(13)10-4-2-1-3-5-10/h1-8H. The van der Waals surface area contributed by atoms with Gasteiger partial charge in [-0.1, -0.05) is 34.9 Å². The van der Waals surface area contributed by atoms with E-state index in [1.165, 1.54) is 4.68 Å². The topological polar surface area (TPSA) is 52.8 Å². The summed E-state index contributed by atoms with van der Waals surface area (Å²) in [6.07, 6.45) is 0. The summed E-state index contributed by atoms with van der Waals surface area (Å²) in [7, 11) is 0. The molecule has 0 aliphatic heterocycles. The van der Waals surface area contributed by atoms with Gasteiger partial charge in [0.05, 0.1) is 10.2 Å². The lowest BCUT2D eigenvalue weighted by Gasteiger charge is -2.07. The fourth-order valence-corrected chi connectivity index (χ4v) is 2.39. The minimum absolute atomic E-state index is 0.277. The molecular weight excluding hydrogens is 344 g/mol. The summed E-state index contributed by atoms with van der Waals surface area (Å²) in [5, 5.41) is 12.1. The number of rotatable bonds is 3. The van der Waals surface area contributed by atoms with Crippen LogP contribution >= 0.6 is 27.5 Å². The van der Waals surface area contributed by atoms with E-state index in [2.05, 4.69) is 31.5 Å². The molecule has 0 aliphatic carbocycles. The van der Waals surface area contributed by atoms with Gasteiger partial charge in [-0.3, -0.25) is 0 Å². The van der Waals surface area contributed by atoms with Gasteiger partial charge in [-0.15, -0.1) is 0 Å². The number of benzene rings is 2. The zero-order valence-corrected chi connectivity index (χ0v) is 12.4. The quantitative estimate of drug-likeness (QED) is 0.719. The van der Waals surface area contributed by atoms with Crippen LogP contribution in [0.3, 0.4) is 0 Å². The van der Waals surface area contributed by atoms with E-state index in [9.17, 15) is 0 Å². The van der Waals surface area contributed by atoms with Gasteiger partial charge in [0.1, 0.15) is 5.75 Å². The number of tetrazole rings is 1. The molecule has 0 unspecified atom stereocenters. The average Bonchev–Trinajstić information content (AvgIpc) is 2.91. The first-order valence-corrected chi connectivity index (χ1v) is 6.88. The molecule has 0 atom stereocenters. The zero-order chi connectivity index (χ0) is 13.9. The second-order valence-electron chi connectivity index (χ2n) is 3.89. The Morgan fingerprint density at radius 3 is 2.65 bits per heavy atom. The van der Waals surface area contributed by atoms with Crippen LogP contribution in [0.15, 0.2) is 53.0 Å². The number of hydrogen-bond acceptors (Lipinski definition) is 4. The molecule has 0 fully saturated rings. The van der Waals surface area contributed by atoms with Crippen LogP contribution in [-0.4, -0.2) is 20.2 Å². The molecule has 0 saturated heterocycles. The van der Waals surface area contributed by atoms with Crippen molar-refractivity contribution in [2.75, 3.05) is 0 Å². The van der Waals surface area contributed by atoms with Crippen molar-refractivity contribution in [2.24, 2.45) is 0 Å². The molecule has 0 N–H and O–H groups in total. The van der Waals surface area contributed by atoms with E-state index < -0.39 is 0 Å². The summed E-state index contributed by atoms with van der Waals surface area (Å²) >= 11 is 9.28. The number of para-hydroxylation sites is 1. The van der Waals surface area contributed by atoms with E-state index in [4.69, 9.17) is 16.3 Å². The van der Waals surface area contributed by atoms with E-state index in [-0.39, 0.29) is 6.01 Å². The Bertz CT molecular complexity index is 732. The van der Waals surface area contributed by atoms with Gasteiger partial charge < -0.3 is 4.74 Å². The summed E-state index contributed by atoms with van der Waals surface area (Å²) in [6.45, 7) is 0. The molecule has 0 saturated carbocycles. The monoisotopic (exact) mass is 350 g/mol. The molecule has 5 nitrogen and oxygen atoms in total. The third-order valence-electron chi connectivity index (χ3n) is 2.54. The number of aromatic nitrogens is 4. The summed E-state index contributed by atoms with van der Waals surface area (Å²) in [4.78, 5) is 0. The highest BCUT2D eigenvalue weighted by atomic mass is 79.9. The fourth-order valence-electron chi connectivity index (χ4n) is 1.63. The zero-order valence-electron chi connectivity index (χ0n) is 10.1. The van der Waals surface area contributed by atoms with E-state index in [1.807, 2.05) is 30.3 Å². The smallest absolute Gasteiger partial charge is 0.345 e. The lowest BCUT2D eigenvalue weighted by atomic mass is 10.3. The van der Waals surface area contributed by atoms with Crippen LogP contribution in [0.4, 0.5) is 0 Å². The molecule has 0 amide bonds. The van der Waals surface area contributed by atoms with Crippen molar-refractivity contribution in [3.05, 3.63) is 58.0 Å². The van der Waals surface area contributed by atoms with Gasteiger partial charge in [0.25, 0.3) is 0 Å². The highest BCUT2D eigenvalue weighted by molar-refractivity contribution is 9.10. The highest BCUT2D eigenvalue weighted by Gasteiger charge is 2.12. The summed E-state index contributed by atoms with van der Waals surface area (Å²) in [5.41, 5.74) is 0.817. The van der Waals surface area contributed by atoms with Crippen molar-refractivity contribution in [1.82, 2.24) is 20.2 Å². The van der Waals surface area contributed by atoms with Gasteiger partial charge in [-0.2, -0.15) is 4.68 Å². The molecule has 1 heterocycles. The van der Waals surface area contributed by atoms with Crippen molar-refractivity contribution in [3.8, 4) is 17.4 Å². The molecule has 3 aromatic rings. The number of nitrogens with zero attached hydrogens (tertiary/aromatic N) is 4. The van der Waals surface area contributed by atoms with Crippen LogP contribution in [0.1, 0.15) is 0 Å². The van der Waals surface area contributed by atoms with Crippen molar-refractivity contribution in [2.45, 2.75) is 0 Å². The maximum absolute atomic E-state index is 5.89. The summed E-state index contributed by atoms with van der Waals surface area (Å²) < 4.78 is 7.96. The Hall–Kier alpha value is -1.92. The van der Waals surface area contributed by atoms with Crippen molar-refractivity contribution in [3.63, 3.8) is 0 Å². The van der Waals surface area contributed by atoms with Crippen LogP contribution in [0, 0.1) is 0 Å². The maximum atomic E-state index is 5.89. The van der Waals surface area contributed by atoms with Gasteiger partial charge in [-0.05, 0) is 56.7 Å². The maximum Gasteiger partial charge on any atom is 0.345 e. The van der Waals surface area contributed by atoms with Gasteiger partial charge >= 0.3 is 6.01 Å². The van der Waals surface area contributed by atoms with Crippen molar-refractivity contribution in [1.29, 1.82) is 0 Å². The Labute approximate surface area is 128 Å². The number of halogens is 2. The van der Waals surface area contributed by atoms with Crippen molar-refractivity contribution < 1.29 is 4.74 Å². The van der Waals surface area contributed by atoms with Gasteiger partial charge in [0, 0.05) is 5.02 Å². The van der Waals surface area contributed by atoms with E-state index in [1.54, 1.807) is 18.2 Å². The SMILES string of the molecule is Clc1ccc(Oc2nnnn2-c2ccccc2)c(Br)c1. The third kappa shape index (κ3) is 2.66. The summed E-state index contributed by atoms with van der Waals surface area (Å²) in [6, 6.07) is 15.0. The van der Waals surface area contributed by atoms with E-state index in [0.717, 1.165) is 10.2 Å². The molecule has 0 radical (unpaired) electrons. The molecular formula is C13H8BrClN4O. The Morgan fingerprint density at radius 1 is 1.10 bits per heavy atom. The Balaban J connectivity index is 1.95. The van der Waals surface area contributed by atoms with Gasteiger partial charge in [0.2, 0.25) is 0 Å². The highest BCUT2D eigenvalue weighted by Crippen LogP contribution is 2.31. The summed E-state index contributed by atoms with van der Waals surface area (Å²) in [5.74, 6) is 0.585. The van der Waals surface area contributed by atoms with Crippen LogP contribution < -0.4 is 4.74 Å². The molecule has 20 heavy (non-hydrogen) atoms. The first kappa shape index (κ1) is 13.1. The normalized spacial score (nSPS) is 10.5. The Morgan fingerprint density at radius 2 is 1.90 bits per heavy atom. The predicted molar refractivity (Wildman–Crippen MR) is 78.4 cm³/mol. The lowest BCUT2D eigenvalue weighted by molar-refractivity contribution is 0.425. The fraction of sp³-hybridized carbons (Fsp3) is 0. The van der Waals surface area contributed by atoms with E-state index >= 15 is 0 Å². The second-order valence-corrected chi connectivity index (χ2v) is 5.18. The minimum atomic E-state index is 0.277. The number of hydrogen-bond donors (Lipinski definition) is 0. The molecule has 3 rings (SSSR count). The number of ether oxygens (including phenoxy) is 1. The molecule has 7 heteroatoms. The molecule has 1 aromatic heterocycles. The van der Waals surface area contributed by atoms with Crippen LogP contribution in [0.2, 0.25) is 5.02 Å². The molecule has 100 valence electrons. The molecule has 0 bridgehead atoms. The van der Waals surface area contributed by atoms with Crippen LogP contribution in [0.5, 0.6) is 11.8 Å². The Kier molecular flexibility index (Phi) is 3.66. The molecule has 0 spiro atoms. The van der Waals surface area contributed by atoms with Crippen LogP contribution in [-0.2, 0) is 0 Å². The first-order valence-electron chi connectivity index (χ1n) is 5.71. The van der Waals surface area contributed by atoms with Crippen LogP contribution in [0.25, 0.3) is 5.69 Å². The predicted octanol–water partition coefficient (Wildman–Crippen LogP) is 3.87. The largest absolute Gasteiger partial charge is 0.422 e.